The first-order chi connectivity index (χ1) is 11.3. The molecule has 1 aromatic heterocycles. The van der Waals surface area contributed by atoms with Gasteiger partial charge in [-0.15, -0.1) is 0 Å². The molecule has 1 amide bonds. The summed E-state index contributed by atoms with van der Waals surface area (Å²) in [6, 6.07) is 3.16. The Morgan fingerprint density at radius 1 is 1.21 bits per heavy atom. The number of likely N-dealkylation sites (N-methyl/N-ethyl adjacent to an activating group) is 1. The van der Waals surface area contributed by atoms with Crippen LogP contribution in [0.5, 0.6) is 0 Å². The molecule has 0 unspecified atom stereocenters. The highest BCUT2D eigenvalue weighted by Gasteiger charge is 2.31. The molecule has 3 rings (SSSR count). The fourth-order valence-corrected chi connectivity index (χ4v) is 3.55. The van der Waals surface area contributed by atoms with Gasteiger partial charge in [-0.25, -0.2) is 0 Å². The minimum atomic E-state index is -4.49. The smallest absolute Gasteiger partial charge is 0.339 e. The van der Waals surface area contributed by atoms with Gasteiger partial charge >= 0.3 is 11.0 Å². The lowest BCUT2D eigenvalue weighted by Gasteiger charge is -2.32. The number of carbonyl (C=O) groups is 1. The lowest BCUT2D eigenvalue weighted by molar-refractivity contribution is -0.137. The predicted octanol–water partition coefficient (Wildman–Crippen LogP) is 1.86. The highest BCUT2D eigenvalue weighted by molar-refractivity contribution is 7.16. The number of hydrogen-bond acceptors (Lipinski definition) is 4. The van der Waals surface area contributed by atoms with E-state index in [-0.39, 0.29) is 18.0 Å². The highest BCUT2D eigenvalue weighted by atomic mass is 32.1. The lowest BCUT2D eigenvalue weighted by Crippen LogP contribution is -2.48. The number of thiazole rings is 1. The molecule has 0 radical (unpaired) electrons. The number of piperazine rings is 1. The first-order valence-corrected chi connectivity index (χ1v) is 8.24. The van der Waals surface area contributed by atoms with Gasteiger partial charge in [0, 0.05) is 26.2 Å². The van der Waals surface area contributed by atoms with Crippen LogP contribution in [-0.2, 0) is 17.5 Å². The van der Waals surface area contributed by atoms with E-state index in [9.17, 15) is 22.8 Å². The van der Waals surface area contributed by atoms with Gasteiger partial charge in [-0.2, -0.15) is 13.2 Å². The summed E-state index contributed by atoms with van der Waals surface area (Å²) in [4.78, 5) is 27.8. The summed E-state index contributed by atoms with van der Waals surface area (Å²) in [5.74, 6) is -0.248. The van der Waals surface area contributed by atoms with Crippen LogP contribution in [0.4, 0.5) is 13.2 Å². The third kappa shape index (κ3) is 3.32. The SMILES string of the molecule is CN1CCN(C(=O)Cn2c(=O)sc3ccc(C(F)(F)F)cc32)CC1. The van der Waals surface area contributed by atoms with E-state index in [1.54, 1.807) is 4.90 Å². The average molecular weight is 359 g/mol. The van der Waals surface area contributed by atoms with Crippen molar-refractivity contribution in [1.29, 1.82) is 0 Å². The van der Waals surface area contributed by atoms with E-state index < -0.39 is 16.6 Å². The Kier molecular flexibility index (Phi) is 4.39. The summed E-state index contributed by atoms with van der Waals surface area (Å²) in [5, 5.41) is 0. The Balaban J connectivity index is 1.89. The van der Waals surface area contributed by atoms with Crippen molar-refractivity contribution in [2.75, 3.05) is 33.2 Å². The normalized spacial score (nSPS) is 16.8. The molecule has 0 N–H and O–H groups in total. The molecule has 1 aliphatic heterocycles. The van der Waals surface area contributed by atoms with Gasteiger partial charge in [0.25, 0.3) is 0 Å². The molecular formula is C15H16F3N3O2S. The maximum atomic E-state index is 12.9. The maximum absolute atomic E-state index is 12.9. The number of nitrogens with zero attached hydrogens (tertiary/aromatic N) is 3. The molecule has 2 heterocycles. The highest BCUT2D eigenvalue weighted by Crippen LogP contribution is 2.32. The number of alkyl halides is 3. The molecule has 1 fully saturated rings. The first-order valence-electron chi connectivity index (χ1n) is 7.42. The predicted molar refractivity (Wildman–Crippen MR) is 85.2 cm³/mol. The van der Waals surface area contributed by atoms with Crippen LogP contribution >= 0.6 is 11.3 Å². The summed E-state index contributed by atoms with van der Waals surface area (Å²) in [6.45, 7) is 2.36. The minimum Gasteiger partial charge on any atom is -0.339 e. The number of hydrogen-bond donors (Lipinski definition) is 0. The Hall–Kier alpha value is -1.87. The van der Waals surface area contributed by atoms with Gasteiger partial charge < -0.3 is 9.80 Å². The second kappa shape index (κ2) is 6.21. The summed E-state index contributed by atoms with van der Waals surface area (Å²) in [5.41, 5.74) is -0.670. The topological polar surface area (TPSA) is 45.5 Å². The molecular weight excluding hydrogens is 343 g/mol. The van der Waals surface area contributed by atoms with Gasteiger partial charge in [0.15, 0.2) is 0 Å². The molecule has 0 saturated carbocycles. The molecule has 1 aliphatic rings. The van der Waals surface area contributed by atoms with E-state index in [0.29, 0.717) is 17.8 Å². The monoisotopic (exact) mass is 359 g/mol. The minimum absolute atomic E-state index is 0.155. The third-order valence-electron chi connectivity index (χ3n) is 4.14. The molecule has 0 atom stereocenters. The number of halogens is 3. The molecule has 0 spiro atoms. The fourth-order valence-electron chi connectivity index (χ4n) is 2.68. The van der Waals surface area contributed by atoms with Crippen LogP contribution in [0.15, 0.2) is 23.0 Å². The van der Waals surface area contributed by atoms with E-state index in [2.05, 4.69) is 4.90 Å². The largest absolute Gasteiger partial charge is 0.416 e. The number of amides is 1. The zero-order chi connectivity index (χ0) is 17.5. The van der Waals surface area contributed by atoms with Gasteiger partial charge in [-0.05, 0) is 25.2 Å². The summed E-state index contributed by atoms with van der Waals surface area (Å²) in [7, 11) is 1.96. The Labute approximate surface area is 139 Å². The first kappa shape index (κ1) is 17.0. The van der Waals surface area contributed by atoms with Crippen molar-refractivity contribution in [2.24, 2.45) is 0 Å². The van der Waals surface area contributed by atoms with E-state index in [4.69, 9.17) is 0 Å². The third-order valence-corrected chi connectivity index (χ3v) is 5.10. The van der Waals surface area contributed by atoms with Crippen LogP contribution < -0.4 is 4.87 Å². The van der Waals surface area contributed by atoms with Crippen molar-refractivity contribution < 1.29 is 18.0 Å². The van der Waals surface area contributed by atoms with Crippen LogP contribution in [0, 0.1) is 0 Å². The van der Waals surface area contributed by atoms with Crippen LogP contribution in [0.1, 0.15) is 5.56 Å². The van der Waals surface area contributed by atoms with Gasteiger partial charge in [0.2, 0.25) is 5.91 Å². The molecule has 130 valence electrons. The molecule has 2 aromatic rings. The Morgan fingerprint density at radius 3 is 2.50 bits per heavy atom. The standard InChI is InChI=1S/C15H16F3N3O2S/c1-19-4-6-20(7-5-19)13(22)9-21-11-8-10(15(16,17)18)2-3-12(11)24-14(21)23/h2-3,8H,4-7,9H2,1H3. The average Bonchev–Trinajstić information content (AvgIpc) is 2.82. The van der Waals surface area contributed by atoms with E-state index >= 15 is 0 Å². The van der Waals surface area contributed by atoms with Crippen LogP contribution in [-0.4, -0.2) is 53.5 Å². The molecule has 0 bridgehead atoms. The zero-order valence-corrected chi connectivity index (χ0v) is 13.8. The number of fused-ring (bicyclic) bond motifs is 1. The molecule has 0 aliphatic carbocycles. The van der Waals surface area contributed by atoms with Crippen LogP contribution in [0.3, 0.4) is 0 Å². The van der Waals surface area contributed by atoms with Gasteiger partial charge in [-0.3, -0.25) is 14.2 Å². The van der Waals surface area contributed by atoms with Gasteiger partial charge in [0.05, 0.1) is 15.8 Å². The summed E-state index contributed by atoms with van der Waals surface area (Å²) in [6.07, 6.45) is -4.49. The lowest BCUT2D eigenvalue weighted by atomic mass is 10.2. The Bertz CT molecular complexity index is 819. The maximum Gasteiger partial charge on any atom is 0.416 e. The van der Waals surface area contributed by atoms with Gasteiger partial charge in [0.1, 0.15) is 6.54 Å². The van der Waals surface area contributed by atoms with Crippen LogP contribution in [0.25, 0.3) is 10.2 Å². The molecule has 1 aromatic carbocycles. The van der Waals surface area contributed by atoms with Crippen molar-refractivity contribution in [3.63, 3.8) is 0 Å². The Morgan fingerprint density at radius 2 is 1.88 bits per heavy atom. The van der Waals surface area contributed by atoms with Crippen molar-refractivity contribution in [2.45, 2.75) is 12.7 Å². The quantitative estimate of drug-likeness (QED) is 0.822. The molecule has 1 saturated heterocycles. The zero-order valence-electron chi connectivity index (χ0n) is 13.0. The number of rotatable bonds is 2. The fraction of sp³-hybridized carbons (Fsp3) is 0.467. The van der Waals surface area contributed by atoms with Crippen molar-refractivity contribution in [3.05, 3.63) is 33.4 Å². The number of benzene rings is 1. The molecule has 24 heavy (non-hydrogen) atoms. The van der Waals surface area contributed by atoms with Crippen molar-refractivity contribution in [1.82, 2.24) is 14.4 Å². The van der Waals surface area contributed by atoms with E-state index in [0.717, 1.165) is 41.1 Å². The second-order valence-electron chi connectivity index (χ2n) is 5.82. The second-order valence-corrected chi connectivity index (χ2v) is 6.81. The molecule has 9 heteroatoms. The van der Waals surface area contributed by atoms with E-state index in [1.807, 2.05) is 7.05 Å². The van der Waals surface area contributed by atoms with Gasteiger partial charge in [-0.1, -0.05) is 11.3 Å². The van der Waals surface area contributed by atoms with Crippen molar-refractivity contribution >= 4 is 27.5 Å². The summed E-state index contributed by atoms with van der Waals surface area (Å²) >= 11 is 0.848. The number of carbonyl (C=O) groups excluding carboxylic acids is 1. The molecule has 5 nitrogen and oxygen atoms in total. The van der Waals surface area contributed by atoms with Crippen LogP contribution in [0.2, 0.25) is 0 Å². The summed E-state index contributed by atoms with van der Waals surface area (Å²) < 4.78 is 40.2. The number of aromatic nitrogens is 1. The van der Waals surface area contributed by atoms with Crippen molar-refractivity contribution in [3.8, 4) is 0 Å². The van der Waals surface area contributed by atoms with E-state index in [1.165, 1.54) is 6.07 Å².